The number of benzene rings is 1. The molecule has 0 radical (unpaired) electrons. The van der Waals surface area contributed by atoms with Gasteiger partial charge in [0, 0.05) is 19.1 Å². The first-order valence-electron chi connectivity index (χ1n) is 7.23. The van der Waals surface area contributed by atoms with Crippen molar-refractivity contribution in [2.45, 2.75) is 33.1 Å². The van der Waals surface area contributed by atoms with Crippen LogP contribution in [0.15, 0.2) is 12.1 Å². The molecule has 1 atom stereocenters. The van der Waals surface area contributed by atoms with Crippen LogP contribution in [-0.4, -0.2) is 26.5 Å². The van der Waals surface area contributed by atoms with Gasteiger partial charge in [-0.15, -0.1) is 0 Å². The molecule has 22 heavy (non-hydrogen) atoms. The van der Waals surface area contributed by atoms with Crippen LogP contribution in [0.3, 0.4) is 0 Å². The molecule has 124 valence electrons. The minimum atomic E-state index is -0.178. The average Bonchev–Trinajstić information content (AvgIpc) is 2.47. The Morgan fingerprint density at radius 2 is 2.05 bits per heavy atom. The summed E-state index contributed by atoms with van der Waals surface area (Å²) >= 11 is 12.3. The minimum absolute atomic E-state index is 0.142. The molecule has 0 aliphatic heterocycles. The van der Waals surface area contributed by atoms with Crippen molar-refractivity contribution in [3.05, 3.63) is 27.7 Å². The molecular weight excluding hydrogens is 327 g/mol. The molecule has 1 rings (SSSR count). The van der Waals surface area contributed by atoms with Gasteiger partial charge in [0.25, 0.3) is 0 Å². The molecule has 0 fully saturated rings. The first kappa shape index (κ1) is 19.1. The van der Waals surface area contributed by atoms with Gasteiger partial charge in [0.2, 0.25) is 0 Å². The maximum atomic E-state index is 11.5. The van der Waals surface area contributed by atoms with Crippen LogP contribution in [0.4, 0.5) is 0 Å². The number of ether oxygens (including phenoxy) is 3. The van der Waals surface area contributed by atoms with Crippen LogP contribution in [0.25, 0.3) is 0 Å². The van der Waals surface area contributed by atoms with Crippen molar-refractivity contribution in [2.75, 3.05) is 20.5 Å². The topological polar surface area (TPSA) is 44.8 Å². The molecular formula is C16H22Cl2O4. The number of hydrogen-bond acceptors (Lipinski definition) is 4. The summed E-state index contributed by atoms with van der Waals surface area (Å²) in [5, 5.41) is 0.970. The van der Waals surface area contributed by atoms with Gasteiger partial charge in [0.1, 0.15) is 5.75 Å². The van der Waals surface area contributed by atoms with Crippen LogP contribution in [-0.2, 0) is 20.7 Å². The van der Waals surface area contributed by atoms with Crippen LogP contribution in [0.2, 0.25) is 10.0 Å². The van der Waals surface area contributed by atoms with Crippen molar-refractivity contribution < 1.29 is 19.0 Å². The lowest BCUT2D eigenvalue weighted by atomic mass is 9.98. The molecule has 0 heterocycles. The zero-order valence-electron chi connectivity index (χ0n) is 13.2. The van der Waals surface area contributed by atoms with Gasteiger partial charge in [0.05, 0.1) is 16.7 Å². The summed E-state index contributed by atoms with van der Waals surface area (Å²) in [7, 11) is 1.55. The van der Waals surface area contributed by atoms with Crippen LogP contribution in [0.1, 0.15) is 32.3 Å². The monoisotopic (exact) mass is 348 g/mol. The summed E-state index contributed by atoms with van der Waals surface area (Å²) in [6, 6.07) is 3.47. The predicted molar refractivity (Wildman–Crippen MR) is 87.7 cm³/mol. The number of methoxy groups -OCH3 is 1. The summed E-state index contributed by atoms with van der Waals surface area (Å²) in [5.74, 6) is 0.659. The van der Waals surface area contributed by atoms with Crippen LogP contribution in [0.5, 0.6) is 5.75 Å². The lowest BCUT2D eigenvalue weighted by Crippen LogP contribution is -2.10. The Balaban J connectivity index is 2.70. The fraction of sp³-hybridized carbons (Fsp3) is 0.562. The number of halogens is 2. The van der Waals surface area contributed by atoms with Gasteiger partial charge < -0.3 is 14.2 Å². The zero-order chi connectivity index (χ0) is 16.5. The van der Waals surface area contributed by atoms with Gasteiger partial charge >= 0.3 is 5.97 Å². The highest BCUT2D eigenvalue weighted by atomic mass is 35.5. The summed E-state index contributed by atoms with van der Waals surface area (Å²) < 4.78 is 15.4. The standard InChI is InChI=1S/C16H22Cl2O4/c1-4-21-15(19)9-11(2)5-6-12-14(22-10-20-3)8-7-13(17)16(12)18/h7-8,11H,4-6,9-10H2,1-3H3/t11-/m0/s1. The number of carbonyl (C=O) groups is 1. The van der Waals surface area contributed by atoms with E-state index in [1.54, 1.807) is 26.2 Å². The Labute approximate surface area is 141 Å². The highest BCUT2D eigenvalue weighted by Crippen LogP contribution is 2.34. The zero-order valence-corrected chi connectivity index (χ0v) is 14.7. The minimum Gasteiger partial charge on any atom is -0.467 e. The Kier molecular flexibility index (Phi) is 8.61. The van der Waals surface area contributed by atoms with Gasteiger partial charge in [-0.1, -0.05) is 30.1 Å². The van der Waals surface area contributed by atoms with E-state index in [4.69, 9.17) is 37.4 Å². The number of esters is 1. The van der Waals surface area contributed by atoms with Crippen molar-refractivity contribution in [3.63, 3.8) is 0 Å². The van der Waals surface area contributed by atoms with Crippen molar-refractivity contribution in [3.8, 4) is 5.75 Å². The van der Waals surface area contributed by atoms with Crippen molar-refractivity contribution in [1.29, 1.82) is 0 Å². The fourth-order valence-electron chi connectivity index (χ4n) is 2.06. The number of carbonyl (C=O) groups excluding carboxylic acids is 1. The van der Waals surface area contributed by atoms with Crippen molar-refractivity contribution in [2.24, 2.45) is 5.92 Å². The average molecular weight is 349 g/mol. The van der Waals surface area contributed by atoms with Gasteiger partial charge in [0.15, 0.2) is 6.79 Å². The highest BCUT2D eigenvalue weighted by Gasteiger charge is 2.15. The first-order valence-corrected chi connectivity index (χ1v) is 7.99. The third-order valence-electron chi connectivity index (χ3n) is 3.19. The predicted octanol–water partition coefficient (Wildman–Crippen LogP) is 4.50. The van der Waals surface area contributed by atoms with E-state index in [9.17, 15) is 4.79 Å². The Morgan fingerprint density at radius 1 is 1.32 bits per heavy atom. The molecule has 0 N–H and O–H groups in total. The van der Waals surface area contributed by atoms with E-state index >= 15 is 0 Å². The van der Waals surface area contributed by atoms with Gasteiger partial charge in [-0.3, -0.25) is 4.79 Å². The quantitative estimate of drug-likeness (QED) is 0.486. The molecule has 4 nitrogen and oxygen atoms in total. The van der Waals surface area contributed by atoms with E-state index in [0.29, 0.717) is 35.2 Å². The number of rotatable bonds is 9. The summed E-state index contributed by atoms with van der Waals surface area (Å²) in [5.41, 5.74) is 0.835. The second-order valence-electron chi connectivity index (χ2n) is 5.04. The third-order valence-corrected chi connectivity index (χ3v) is 4.04. The second-order valence-corrected chi connectivity index (χ2v) is 5.83. The normalized spacial score (nSPS) is 12.0. The van der Waals surface area contributed by atoms with Gasteiger partial charge in [-0.05, 0) is 37.8 Å². The maximum absolute atomic E-state index is 11.5. The molecule has 0 spiro atoms. The second kappa shape index (κ2) is 9.93. The van der Waals surface area contributed by atoms with Crippen LogP contribution >= 0.6 is 23.2 Å². The third kappa shape index (κ3) is 6.03. The molecule has 0 unspecified atom stereocenters. The smallest absolute Gasteiger partial charge is 0.306 e. The van der Waals surface area contributed by atoms with Crippen molar-refractivity contribution in [1.82, 2.24) is 0 Å². The molecule has 6 heteroatoms. The van der Waals surface area contributed by atoms with Gasteiger partial charge in [-0.25, -0.2) is 0 Å². The molecule has 0 bridgehead atoms. The summed E-state index contributed by atoms with van der Waals surface area (Å²) in [4.78, 5) is 11.5. The SMILES string of the molecule is CCOC(=O)C[C@@H](C)CCc1c(OCOC)ccc(Cl)c1Cl. The molecule has 1 aromatic carbocycles. The lowest BCUT2D eigenvalue weighted by Gasteiger charge is -2.15. The van der Waals surface area contributed by atoms with E-state index in [1.165, 1.54) is 0 Å². The van der Waals surface area contributed by atoms with Crippen molar-refractivity contribution >= 4 is 29.2 Å². The maximum Gasteiger partial charge on any atom is 0.306 e. The van der Waals surface area contributed by atoms with E-state index in [0.717, 1.165) is 12.0 Å². The Hall–Kier alpha value is -0.970. The van der Waals surface area contributed by atoms with E-state index in [2.05, 4.69) is 0 Å². The molecule has 0 saturated heterocycles. The lowest BCUT2D eigenvalue weighted by molar-refractivity contribution is -0.144. The summed E-state index contributed by atoms with van der Waals surface area (Å²) in [6.45, 7) is 4.35. The first-order chi connectivity index (χ1) is 10.5. The van der Waals surface area contributed by atoms with E-state index in [1.807, 2.05) is 6.92 Å². The molecule has 0 saturated carbocycles. The molecule has 1 aromatic rings. The van der Waals surface area contributed by atoms with Crippen LogP contribution in [0, 0.1) is 5.92 Å². The molecule has 0 aliphatic rings. The van der Waals surface area contributed by atoms with Crippen LogP contribution < -0.4 is 4.74 Å². The molecule has 0 amide bonds. The highest BCUT2D eigenvalue weighted by molar-refractivity contribution is 6.42. The largest absolute Gasteiger partial charge is 0.467 e. The molecule has 0 aliphatic carbocycles. The Morgan fingerprint density at radius 3 is 2.68 bits per heavy atom. The number of hydrogen-bond donors (Lipinski definition) is 0. The van der Waals surface area contributed by atoms with E-state index < -0.39 is 0 Å². The van der Waals surface area contributed by atoms with E-state index in [-0.39, 0.29) is 18.7 Å². The van der Waals surface area contributed by atoms with Gasteiger partial charge in [-0.2, -0.15) is 0 Å². The fourth-order valence-corrected chi connectivity index (χ4v) is 2.49. The molecule has 0 aromatic heterocycles. The Bertz CT molecular complexity index is 491. The summed E-state index contributed by atoms with van der Waals surface area (Å²) in [6.07, 6.45) is 1.83.